The van der Waals surface area contributed by atoms with E-state index < -0.39 is 0 Å². The predicted octanol–water partition coefficient (Wildman–Crippen LogP) is 1.72. The normalized spacial score (nSPS) is 14.6. The van der Waals surface area contributed by atoms with E-state index in [1.807, 2.05) is 32.0 Å². The van der Waals surface area contributed by atoms with E-state index in [0.717, 1.165) is 6.42 Å². The molecule has 1 rings (SSSR count). The lowest BCUT2D eigenvalue weighted by atomic mass is 10.0. The number of primary amides is 1. The summed E-state index contributed by atoms with van der Waals surface area (Å²) >= 11 is 0. The average molecular weight is 234 g/mol. The van der Waals surface area contributed by atoms with Crippen LogP contribution in [0, 0.1) is 5.92 Å². The summed E-state index contributed by atoms with van der Waals surface area (Å²) in [4.78, 5) is 11.3. The molecule has 0 saturated carbocycles. The van der Waals surface area contributed by atoms with Crippen molar-refractivity contribution in [3.05, 3.63) is 35.9 Å². The Labute approximate surface area is 103 Å². The first kappa shape index (κ1) is 13.7. The Balaban J connectivity index is 2.54. The van der Waals surface area contributed by atoms with Gasteiger partial charge in [-0.15, -0.1) is 0 Å². The number of hydrogen-bond donors (Lipinski definition) is 2. The van der Waals surface area contributed by atoms with Crippen LogP contribution in [0.1, 0.15) is 26.3 Å². The summed E-state index contributed by atoms with van der Waals surface area (Å²) in [6.07, 6.45) is 0.900. The van der Waals surface area contributed by atoms with Gasteiger partial charge in [-0.25, -0.2) is 0 Å². The molecule has 0 radical (unpaired) electrons. The van der Waals surface area contributed by atoms with Crippen LogP contribution in [0.4, 0.5) is 0 Å². The Morgan fingerprint density at radius 2 is 1.82 bits per heavy atom. The van der Waals surface area contributed by atoms with Crippen molar-refractivity contribution in [1.29, 1.82) is 0 Å². The van der Waals surface area contributed by atoms with Crippen LogP contribution >= 0.6 is 0 Å². The summed E-state index contributed by atoms with van der Waals surface area (Å²) in [5.74, 6) is -0.0642. The lowest BCUT2D eigenvalue weighted by Crippen LogP contribution is -2.49. The fourth-order valence-electron chi connectivity index (χ4n) is 1.94. The molecule has 0 aromatic heterocycles. The van der Waals surface area contributed by atoms with E-state index in [1.54, 1.807) is 0 Å². The molecule has 1 amide bonds. The number of nitrogens with two attached hydrogens (primary N) is 1. The molecule has 3 nitrogen and oxygen atoms in total. The van der Waals surface area contributed by atoms with E-state index >= 15 is 0 Å². The summed E-state index contributed by atoms with van der Waals surface area (Å²) in [7, 11) is 0. The quantitative estimate of drug-likeness (QED) is 0.787. The van der Waals surface area contributed by atoms with Gasteiger partial charge in [-0.2, -0.15) is 0 Å². The number of nitrogens with one attached hydrogen (secondary N) is 1. The lowest BCUT2D eigenvalue weighted by molar-refractivity contribution is -0.121. The van der Waals surface area contributed by atoms with Crippen LogP contribution in [0.2, 0.25) is 0 Å². The van der Waals surface area contributed by atoms with Crippen molar-refractivity contribution in [3.8, 4) is 0 Å². The van der Waals surface area contributed by atoms with Gasteiger partial charge < -0.3 is 11.1 Å². The van der Waals surface area contributed by atoms with Gasteiger partial charge >= 0.3 is 0 Å². The zero-order valence-corrected chi connectivity index (χ0v) is 10.8. The van der Waals surface area contributed by atoms with Gasteiger partial charge in [0.2, 0.25) is 5.91 Å². The molecule has 0 saturated heterocycles. The number of amides is 1. The Morgan fingerprint density at radius 1 is 1.24 bits per heavy atom. The van der Waals surface area contributed by atoms with Crippen molar-refractivity contribution in [2.24, 2.45) is 11.7 Å². The SMILES string of the molecule is CC(Cc1ccccc1)NC(C(N)=O)C(C)C. The standard InChI is InChI=1S/C14H22N2O/c1-10(2)13(14(15)17)16-11(3)9-12-7-5-4-6-8-12/h4-8,10-11,13,16H,9H2,1-3H3,(H2,15,17). The van der Waals surface area contributed by atoms with Crippen molar-refractivity contribution in [2.45, 2.75) is 39.3 Å². The van der Waals surface area contributed by atoms with Crippen molar-refractivity contribution in [1.82, 2.24) is 5.32 Å². The Morgan fingerprint density at radius 3 is 2.29 bits per heavy atom. The molecule has 3 N–H and O–H groups in total. The molecule has 0 spiro atoms. The van der Waals surface area contributed by atoms with E-state index in [4.69, 9.17) is 5.73 Å². The Hall–Kier alpha value is -1.35. The molecule has 2 unspecified atom stereocenters. The van der Waals surface area contributed by atoms with Crippen molar-refractivity contribution in [3.63, 3.8) is 0 Å². The molecule has 0 aliphatic heterocycles. The van der Waals surface area contributed by atoms with Gasteiger partial charge in [-0.1, -0.05) is 44.2 Å². The number of rotatable bonds is 6. The molecule has 0 bridgehead atoms. The molecule has 3 heteroatoms. The van der Waals surface area contributed by atoms with E-state index in [0.29, 0.717) is 0 Å². The maximum absolute atomic E-state index is 11.3. The van der Waals surface area contributed by atoms with Crippen LogP contribution in [0.5, 0.6) is 0 Å². The Kier molecular flexibility index (Phi) is 5.16. The summed E-state index contributed by atoms with van der Waals surface area (Å²) in [6.45, 7) is 6.07. The third-order valence-corrected chi connectivity index (χ3v) is 2.82. The first-order valence-corrected chi connectivity index (χ1v) is 6.10. The molecule has 1 aromatic rings. The minimum atomic E-state index is -0.278. The second-order valence-electron chi connectivity index (χ2n) is 4.88. The topological polar surface area (TPSA) is 55.1 Å². The fourth-order valence-corrected chi connectivity index (χ4v) is 1.94. The van der Waals surface area contributed by atoms with E-state index in [2.05, 4.69) is 24.4 Å². The number of carbonyl (C=O) groups excluding carboxylic acids is 1. The zero-order chi connectivity index (χ0) is 12.8. The minimum absolute atomic E-state index is 0.214. The molecule has 17 heavy (non-hydrogen) atoms. The van der Waals surface area contributed by atoms with Crippen LogP contribution in [0.3, 0.4) is 0 Å². The van der Waals surface area contributed by atoms with Crippen molar-refractivity contribution < 1.29 is 4.79 Å². The van der Waals surface area contributed by atoms with Crippen LogP contribution in [0.15, 0.2) is 30.3 Å². The first-order valence-electron chi connectivity index (χ1n) is 6.10. The third kappa shape index (κ3) is 4.57. The van der Waals surface area contributed by atoms with E-state index in [9.17, 15) is 4.79 Å². The molecule has 2 atom stereocenters. The van der Waals surface area contributed by atoms with E-state index in [-0.39, 0.29) is 23.9 Å². The van der Waals surface area contributed by atoms with Gasteiger partial charge in [0.15, 0.2) is 0 Å². The second kappa shape index (κ2) is 6.40. The first-order chi connectivity index (χ1) is 8.00. The second-order valence-corrected chi connectivity index (χ2v) is 4.88. The maximum atomic E-state index is 11.3. The largest absolute Gasteiger partial charge is 0.368 e. The molecule has 0 fully saturated rings. The number of benzene rings is 1. The zero-order valence-electron chi connectivity index (χ0n) is 10.8. The molecule has 0 aliphatic rings. The van der Waals surface area contributed by atoms with Crippen LogP contribution in [-0.2, 0) is 11.2 Å². The molecule has 1 aromatic carbocycles. The summed E-state index contributed by atoms with van der Waals surface area (Å²) < 4.78 is 0. The van der Waals surface area contributed by atoms with Gasteiger partial charge in [0, 0.05) is 6.04 Å². The highest BCUT2D eigenvalue weighted by Crippen LogP contribution is 2.06. The highest BCUT2D eigenvalue weighted by molar-refractivity contribution is 5.80. The molecular weight excluding hydrogens is 212 g/mol. The summed E-state index contributed by atoms with van der Waals surface area (Å²) in [6, 6.07) is 10.2. The number of carbonyl (C=O) groups is 1. The van der Waals surface area contributed by atoms with Gasteiger partial charge in [0.05, 0.1) is 6.04 Å². The minimum Gasteiger partial charge on any atom is -0.368 e. The summed E-state index contributed by atoms with van der Waals surface area (Å²) in [5.41, 5.74) is 6.64. The van der Waals surface area contributed by atoms with Gasteiger partial charge in [0.25, 0.3) is 0 Å². The van der Waals surface area contributed by atoms with Gasteiger partial charge in [0.1, 0.15) is 0 Å². The predicted molar refractivity (Wildman–Crippen MR) is 70.6 cm³/mol. The maximum Gasteiger partial charge on any atom is 0.234 e. The highest BCUT2D eigenvalue weighted by Gasteiger charge is 2.20. The third-order valence-electron chi connectivity index (χ3n) is 2.82. The molecular formula is C14H22N2O. The van der Waals surface area contributed by atoms with E-state index in [1.165, 1.54) is 5.56 Å². The smallest absolute Gasteiger partial charge is 0.234 e. The van der Waals surface area contributed by atoms with Gasteiger partial charge in [-0.3, -0.25) is 4.79 Å². The van der Waals surface area contributed by atoms with Crippen LogP contribution < -0.4 is 11.1 Å². The molecule has 0 aliphatic carbocycles. The number of hydrogen-bond acceptors (Lipinski definition) is 2. The van der Waals surface area contributed by atoms with Crippen molar-refractivity contribution >= 4 is 5.91 Å². The van der Waals surface area contributed by atoms with Crippen LogP contribution in [0.25, 0.3) is 0 Å². The summed E-state index contributed by atoms with van der Waals surface area (Å²) in [5, 5.41) is 3.29. The fraction of sp³-hybridized carbons (Fsp3) is 0.500. The Bertz CT molecular complexity index is 348. The van der Waals surface area contributed by atoms with Crippen LogP contribution in [-0.4, -0.2) is 18.0 Å². The molecule has 94 valence electrons. The highest BCUT2D eigenvalue weighted by atomic mass is 16.1. The lowest BCUT2D eigenvalue weighted by Gasteiger charge is -2.23. The molecule has 0 heterocycles. The van der Waals surface area contributed by atoms with Gasteiger partial charge in [-0.05, 0) is 24.8 Å². The average Bonchev–Trinajstić information content (AvgIpc) is 2.26. The van der Waals surface area contributed by atoms with Crippen molar-refractivity contribution in [2.75, 3.05) is 0 Å². The monoisotopic (exact) mass is 234 g/mol.